The zero-order valence-electron chi connectivity index (χ0n) is 24.8. The maximum Gasteiger partial charge on any atom is 0.340 e. The number of ether oxygens (including phenoxy) is 5. The number of carbonyl (C=O) groups is 2. The summed E-state index contributed by atoms with van der Waals surface area (Å²) in [6.07, 6.45) is 2.54. The number of methoxy groups -OCH3 is 4. The number of ketones is 1. The molecule has 5 saturated carbocycles. The van der Waals surface area contributed by atoms with Crippen LogP contribution in [-0.4, -0.2) is 95.2 Å². The minimum Gasteiger partial charge on any atom is -0.461 e. The van der Waals surface area contributed by atoms with Gasteiger partial charge in [0.25, 0.3) is 0 Å². The van der Waals surface area contributed by atoms with Crippen molar-refractivity contribution in [3.8, 4) is 0 Å². The number of likely N-dealkylation sites (tertiary alicyclic amines) is 1. The number of piperidine rings is 1. The monoisotopic (exact) mass is 568 g/mol. The van der Waals surface area contributed by atoms with Crippen LogP contribution in [0.25, 0.3) is 0 Å². The predicted molar refractivity (Wildman–Crippen MR) is 150 cm³/mol. The highest BCUT2D eigenvalue weighted by Gasteiger charge is 2.89. The van der Waals surface area contributed by atoms with Crippen molar-refractivity contribution in [3.05, 3.63) is 29.8 Å². The van der Waals surface area contributed by atoms with Gasteiger partial charge in [-0.25, -0.2) is 4.79 Å². The SMILES string of the molecule is CCN1CC2(COC(=O)c3ccccc3N)CCC(OC)C34C5CC6C(OC)CC(C(=O)C(OC)C23)(C5C6OC)C14. The number of nitrogens with zero attached hydrogens (tertiary/aromatic N) is 1. The minimum absolute atomic E-state index is 0.00528. The Morgan fingerprint density at radius 2 is 1.88 bits per heavy atom. The van der Waals surface area contributed by atoms with Crippen molar-refractivity contribution in [2.24, 2.45) is 39.9 Å². The largest absolute Gasteiger partial charge is 0.461 e. The molecule has 7 bridgehead atoms. The van der Waals surface area contributed by atoms with Crippen LogP contribution in [0.4, 0.5) is 5.69 Å². The Balaban J connectivity index is 1.39. The van der Waals surface area contributed by atoms with Crippen LogP contribution in [0.3, 0.4) is 0 Å². The van der Waals surface area contributed by atoms with Gasteiger partial charge in [-0.3, -0.25) is 9.69 Å². The van der Waals surface area contributed by atoms with Crippen LogP contribution in [0.2, 0.25) is 0 Å². The summed E-state index contributed by atoms with van der Waals surface area (Å²) in [5.41, 5.74) is 5.47. The Morgan fingerprint density at radius 1 is 1.10 bits per heavy atom. The number of anilines is 1. The maximum absolute atomic E-state index is 15.1. The summed E-state index contributed by atoms with van der Waals surface area (Å²) < 4.78 is 31.3. The van der Waals surface area contributed by atoms with Gasteiger partial charge in [-0.15, -0.1) is 0 Å². The number of nitrogens with two attached hydrogens (primary N) is 1. The Hall–Kier alpha value is -2.04. The first-order valence-corrected chi connectivity index (χ1v) is 15.2. The number of hydrogen-bond donors (Lipinski definition) is 1. The Kier molecular flexibility index (Phi) is 6.42. The molecule has 1 aromatic carbocycles. The number of esters is 1. The molecule has 5 aliphatic carbocycles. The molecule has 9 nitrogen and oxygen atoms in total. The predicted octanol–water partition coefficient (Wildman–Crippen LogP) is 2.81. The quantitative estimate of drug-likeness (QED) is 0.374. The Bertz CT molecular complexity index is 1240. The van der Waals surface area contributed by atoms with Crippen LogP contribution in [0.15, 0.2) is 24.3 Å². The number of rotatable bonds is 8. The summed E-state index contributed by atoms with van der Waals surface area (Å²) in [5.74, 6) is 0.150. The summed E-state index contributed by atoms with van der Waals surface area (Å²) in [5, 5.41) is 0. The Labute approximate surface area is 242 Å². The van der Waals surface area contributed by atoms with Crippen molar-refractivity contribution in [3.63, 3.8) is 0 Å². The summed E-state index contributed by atoms with van der Waals surface area (Å²) in [7, 11) is 7.07. The van der Waals surface area contributed by atoms with Crippen molar-refractivity contribution >= 4 is 17.4 Å². The van der Waals surface area contributed by atoms with Crippen molar-refractivity contribution < 1.29 is 33.3 Å². The lowest BCUT2D eigenvalue weighted by atomic mass is 9.39. The van der Waals surface area contributed by atoms with Crippen LogP contribution in [0.5, 0.6) is 0 Å². The molecule has 1 aliphatic heterocycles. The van der Waals surface area contributed by atoms with Crippen molar-refractivity contribution in [2.75, 3.05) is 53.9 Å². The van der Waals surface area contributed by atoms with E-state index in [-0.39, 0.29) is 65.8 Å². The van der Waals surface area contributed by atoms with Crippen LogP contribution < -0.4 is 5.73 Å². The standard InChI is InChI=1S/C32H44N2O7/c1-6-34-15-30(16-41-28(36)17-9-7-8-10-20(17)33)12-11-22(38-3)32-19-13-18-21(37-2)14-31(29(32)34,23(19)24(18)39-4)27(35)25(40-5)26(30)32/h7-10,18-19,21-26,29H,6,11-16,33H2,1-5H3. The van der Waals surface area contributed by atoms with Gasteiger partial charge in [0.05, 0.1) is 35.9 Å². The summed E-state index contributed by atoms with van der Waals surface area (Å²) in [4.78, 5) is 31.0. The van der Waals surface area contributed by atoms with Crippen molar-refractivity contribution in [2.45, 2.75) is 63.1 Å². The molecule has 41 heavy (non-hydrogen) atoms. The molecule has 6 aliphatic rings. The first-order valence-electron chi connectivity index (χ1n) is 15.2. The number of nitrogen functional groups attached to an aromatic ring is 1. The molecule has 1 heterocycles. The third-order valence-electron chi connectivity index (χ3n) is 12.7. The molecular weight excluding hydrogens is 524 g/mol. The second kappa shape index (κ2) is 9.48. The Morgan fingerprint density at radius 3 is 2.54 bits per heavy atom. The van der Waals surface area contributed by atoms with Gasteiger partial charge in [0, 0.05) is 75.3 Å². The van der Waals surface area contributed by atoms with Gasteiger partial charge in [0.2, 0.25) is 0 Å². The summed E-state index contributed by atoms with van der Waals surface area (Å²) in [6, 6.07) is 7.01. The third kappa shape index (κ3) is 3.14. The lowest BCUT2D eigenvalue weighted by molar-refractivity contribution is -0.283. The molecule has 7 rings (SSSR count). The number of Topliss-reactive ketones (excluding diaryl/α,β-unsaturated/α-hetero) is 1. The van der Waals surface area contributed by atoms with Crippen molar-refractivity contribution in [1.82, 2.24) is 4.90 Å². The second-order valence-electron chi connectivity index (χ2n) is 13.5. The van der Waals surface area contributed by atoms with E-state index in [0.29, 0.717) is 17.7 Å². The van der Waals surface area contributed by atoms with Crippen LogP contribution in [0, 0.1) is 39.9 Å². The van der Waals surface area contributed by atoms with Crippen LogP contribution in [-0.2, 0) is 28.5 Å². The van der Waals surface area contributed by atoms with Crippen molar-refractivity contribution in [1.29, 1.82) is 0 Å². The maximum atomic E-state index is 15.1. The number of para-hydroxylation sites is 1. The van der Waals surface area contributed by atoms with E-state index in [4.69, 9.17) is 29.4 Å². The fourth-order valence-corrected chi connectivity index (χ4v) is 11.9. The second-order valence-corrected chi connectivity index (χ2v) is 13.5. The topological polar surface area (TPSA) is 110 Å². The molecule has 12 unspecified atom stereocenters. The molecule has 1 saturated heterocycles. The minimum atomic E-state index is -0.637. The average Bonchev–Trinajstić information content (AvgIpc) is 3.40. The van der Waals surface area contributed by atoms with E-state index in [9.17, 15) is 4.79 Å². The lowest BCUT2D eigenvalue weighted by Gasteiger charge is -2.72. The highest BCUT2D eigenvalue weighted by Crippen LogP contribution is 2.81. The number of hydrogen-bond acceptors (Lipinski definition) is 9. The normalized spacial score (nSPS) is 47.4. The fraction of sp³-hybridized carbons (Fsp3) is 0.750. The first-order chi connectivity index (χ1) is 19.8. The number of fused-ring (bicyclic) bond motifs is 1. The molecule has 0 radical (unpaired) electrons. The highest BCUT2D eigenvalue weighted by molar-refractivity contribution is 5.95. The zero-order chi connectivity index (χ0) is 28.9. The molecule has 0 amide bonds. The molecule has 6 fully saturated rings. The van der Waals surface area contributed by atoms with Crippen LogP contribution >= 0.6 is 0 Å². The van der Waals surface area contributed by atoms with Gasteiger partial charge < -0.3 is 29.4 Å². The third-order valence-corrected chi connectivity index (χ3v) is 12.7. The van der Waals surface area contributed by atoms with Gasteiger partial charge in [-0.05, 0) is 50.3 Å². The molecule has 12 atom stereocenters. The van der Waals surface area contributed by atoms with E-state index in [1.165, 1.54) is 0 Å². The fourth-order valence-electron chi connectivity index (χ4n) is 11.9. The van der Waals surface area contributed by atoms with Gasteiger partial charge in [-0.1, -0.05) is 19.1 Å². The van der Waals surface area contributed by atoms with Crippen LogP contribution in [0.1, 0.15) is 43.0 Å². The van der Waals surface area contributed by atoms with E-state index in [2.05, 4.69) is 11.8 Å². The van der Waals surface area contributed by atoms with E-state index in [1.807, 2.05) is 7.11 Å². The molecule has 9 heteroatoms. The number of benzene rings is 1. The lowest BCUT2D eigenvalue weighted by Crippen LogP contribution is -2.81. The van der Waals surface area contributed by atoms with E-state index in [0.717, 1.165) is 32.4 Å². The molecule has 1 aromatic rings. The smallest absolute Gasteiger partial charge is 0.340 e. The molecule has 2 spiro atoms. The van der Waals surface area contributed by atoms with Gasteiger partial charge in [0.1, 0.15) is 6.10 Å². The highest BCUT2D eigenvalue weighted by atomic mass is 16.5. The molecular formula is C32H44N2O7. The van der Waals surface area contributed by atoms with Gasteiger partial charge >= 0.3 is 5.97 Å². The average molecular weight is 569 g/mol. The summed E-state index contributed by atoms with van der Waals surface area (Å²) in [6.45, 7) is 3.93. The van der Waals surface area contributed by atoms with E-state index < -0.39 is 22.9 Å². The van der Waals surface area contributed by atoms with E-state index in [1.54, 1.807) is 45.6 Å². The molecule has 2 N–H and O–H groups in total. The molecule has 224 valence electrons. The van der Waals surface area contributed by atoms with Gasteiger partial charge in [-0.2, -0.15) is 0 Å². The van der Waals surface area contributed by atoms with E-state index >= 15 is 4.79 Å². The zero-order valence-corrected chi connectivity index (χ0v) is 24.8. The number of carbonyl (C=O) groups excluding carboxylic acids is 2. The molecule has 0 aromatic heterocycles. The van der Waals surface area contributed by atoms with Gasteiger partial charge in [0.15, 0.2) is 5.78 Å². The first kappa shape index (κ1) is 27.8. The summed E-state index contributed by atoms with van der Waals surface area (Å²) >= 11 is 0.